The van der Waals surface area contributed by atoms with Crippen molar-refractivity contribution in [3.63, 3.8) is 0 Å². The zero-order chi connectivity index (χ0) is 18.8. The molecule has 0 bridgehead atoms. The van der Waals surface area contributed by atoms with E-state index in [2.05, 4.69) is 15.6 Å². The maximum Gasteiger partial charge on any atom is 0.287 e. The van der Waals surface area contributed by atoms with Crippen LogP contribution in [0.4, 0.5) is 5.69 Å². The van der Waals surface area contributed by atoms with Gasteiger partial charge in [-0.3, -0.25) is 9.59 Å². The molecule has 2 aliphatic rings. The highest BCUT2D eigenvalue weighted by Crippen LogP contribution is 2.23. The predicted octanol–water partition coefficient (Wildman–Crippen LogP) is 3.45. The molecule has 1 aliphatic carbocycles. The topological polar surface area (TPSA) is 76.0 Å². The molecule has 2 heterocycles. The maximum atomic E-state index is 12.8. The molecule has 0 spiro atoms. The number of rotatable bonds is 4. The summed E-state index contributed by atoms with van der Waals surface area (Å²) in [7, 11) is 0. The summed E-state index contributed by atoms with van der Waals surface area (Å²) in [5.41, 5.74) is 3.13. The standard InChI is InChI=1S/C21H26N4O2/c1-14-9-11-16(12-10-14)22-20(26)18-17-8-4-5-13-25(17)19(24-18)21(27)23-15-6-2-3-7-15/h9-12,15H,2-8,13H2,1H3,(H,22,26)(H,23,27). The highest BCUT2D eigenvalue weighted by atomic mass is 16.2. The summed E-state index contributed by atoms with van der Waals surface area (Å²) in [6.45, 7) is 2.75. The van der Waals surface area contributed by atoms with Gasteiger partial charge in [-0.1, -0.05) is 30.5 Å². The molecule has 1 aromatic heterocycles. The molecule has 0 saturated heterocycles. The molecule has 0 atom stereocenters. The van der Waals surface area contributed by atoms with Gasteiger partial charge in [-0.05, 0) is 51.2 Å². The molecule has 1 saturated carbocycles. The lowest BCUT2D eigenvalue weighted by Crippen LogP contribution is -2.35. The molecule has 2 amide bonds. The van der Waals surface area contributed by atoms with Gasteiger partial charge in [0, 0.05) is 18.3 Å². The summed E-state index contributed by atoms with van der Waals surface area (Å²) in [5, 5.41) is 6.01. The monoisotopic (exact) mass is 366 g/mol. The normalized spacial score (nSPS) is 16.8. The van der Waals surface area contributed by atoms with Gasteiger partial charge >= 0.3 is 0 Å². The fourth-order valence-corrected chi connectivity index (χ4v) is 4.05. The van der Waals surface area contributed by atoms with Gasteiger partial charge < -0.3 is 15.2 Å². The van der Waals surface area contributed by atoms with Crippen LogP contribution < -0.4 is 10.6 Å². The Morgan fingerprint density at radius 2 is 1.78 bits per heavy atom. The molecule has 0 unspecified atom stereocenters. The van der Waals surface area contributed by atoms with Crippen LogP contribution in [0.15, 0.2) is 24.3 Å². The first kappa shape index (κ1) is 17.8. The molecule has 0 radical (unpaired) electrons. The van der Waals surface area contributed by atoms with Crippen molar-refractivity contribution in [3.05, 3.63) is 47.0 Å². The Bertz CT molecular complexity index is 848. The predicted molar refractivity (Wildman–Crippen MR) is 104 cm³/mol. The lowest BCUT2D eigenvalue weighted by atomic mass is 10.1. The van der Waals surface area contributed by atoms with Crippen LogP contribution in [0.25, 0.3) is 0 Å². The van der Waals surface area contributed by atoms with Crippen LogP contribution in [0.2, 0.25) is 0 Å². The van der Waals surface area contributed by atoms with E-state index >= 15 is 0 Å². The summed E-state index contributed by atoms with van der Waals surface area (Å²) in [6.07, 6.45) is 7.18. The van der Waals surface area contributed by atoms with E-state index in [4.69, 9.17) is 0 Å². The second kappa shape index (κ2) is 7.55. The van der Waals surface area contributed by atoms with Gasteiger partial charge in [-0.25, -0.2) is 4.98 Å². The quantitative estimate of drug-likeness (QED) is 0.870. The van der Waals surface area contributed by atoms with Crippen molar-refractivity contribution < 1.29 is 9.59 Å². The van der Waals surface area contributed by atoms with Crippen molar-refractivity contribution in [2.75, 3.05) is 5.32 Å². The third kappa shape index (κ3) is 3.75. The minimum atomic E-state index is -0.246. The van der Waals surface area contributed by atoms with E-state index in [-0.39, 0.29) is 17.9 Å². The summed E-state index contributed by atoms with van der Waals surface area (Å²) >= 11 is 0. The van der Waals surface area contributed by atoms with Crippen molar-refractivity contribution in [1.29, 1.82) is 0 Å². The maximum absolute atomic E-state index is 12.8. The average molecular weight is 366 g/mol. The first-order valence-corrected chi connectivity index (χ1v) is 9.90. The molecule has 27 heavy (non-hydrogen) atoms. The number of amides is 2. The SMILES string of the molecule is Cc1ccc(NC(=O)c2nc(C(=O)NC3CCCC3)n3c2CCCC3)cc1. The number of aromatic nitrogens is 2. The molecular weight excluding hydrogens is 340 g/mol. The second-order valence-electron chi connectivity index (χ2n) is 7.61. The number of hydrogen-bond donors (Lipinski definition) is 2. The number of nitrogens with one attached hydrogen (secondary N) is 2. The Kier molecular flexibility index (Phi) is 4.97. The molecule has 6 nitrogen and oxygen atoms in total. The van der Waals surface area contributed by atoms with E-state index in [9.17, 15) is 9.59 Å². The highest BCUT2D eigenvalue weighted by Gasteiger charge is 2.29. The average Bonchev–Trinajstić information content (AvgIpc) is 3.31. The van der Waals surface area contributed by atoms with Crippen LogP contribution in [-0.2, 0) is 13.0 Å². The fraction of sp³-hybridized carbons (Fsp3) is 0.476. The van der Waals surface area contributed by atoms with Gasteiger partial charge in [0.2, 0.25) is 0 Å². The van der Waals surface area contributed by atoms with Gasteiger partial charge in [0.05, 0.1) is 5.69 Å². The van der Waals surface area contributed by atoms with E-state index in [1.54, 1.807) is 0 Å². The molecule has 2 N–H and O–H groups in total. The first-order chi connectivity index (χ1) is 13.1. The van der Waals surface area contributed by atoms with Crippen molar-refractivity contribution >= 4 is 17.5 Å². The Labute approximate surface area is 159 Å². The van der Waals surface area contributed by atoms with Crippen LogP contribution in [-0.4, -0.2) is 27.4 Å². The Morgan fingerprint density at radius 3 is 2.52 bits per heavy atom. The fourth-order valence-electron chi connectivity index (χ4n) is 4.05. The molecule has 6 heteroatoms. The third-order valence-electron chi connectivity index (χ3n) is 5.54. The summed E-state index contributed by atoms with van der Waals surface area (Å²) in [6, 6.07) is 7.91. The van der Waals surface area contributed by atoms with Crippen LogP contribution >= 0.6 is 0 Å². The Morgan fingerprint density at radius 1 is 1.04 bits per heavy atom. The number of fused-ring (bicyclic) bond motifs is 1. The number of hydrogen-bond acceptors (Lipinski definition) is 3. The van der Waals surface area contributed by atoms with Crippen LogP contribution in [0, 0.1) is 6.92 Å². The van der Waals surface area contributed by atoms with Crippen molar-refractivity contribution in [3.8, 4) is 0 Å². The lowest BCUT2D eigenvalue weighted by molar-refractivity contribution is 0.0921. The van der Waals surface area contributed by atoms with Crippen molar-refractivity contribution in [1.82, 2.24) is 14.9 Å². The van der Waals surface area contributed by atoms with Gasteiger partial charge in [-0.15, -0.1) is 0 Å². The van der Waals surface area contributed by atoms with E-state index in [1.807, 2.05) is 35.8 Å². The highest BCUT2D eigenvalue weighted by molar-refractivity contribution is 6.05. The zero-order valence-electron chi connectivity index (χ0n) is 15.8. The van der Waals surface area contributed by atoms with E-state index in [0.29, 0.717) is 11.5 Å². The van der Waals surface area contributed by atoms with Crippen molar-refractivity contribution in [2.24, 2.45) is 0 Å². The number of anilines is 1. The Balaban J connectivity index is 1.58. The van der Waals surface area contributed by atoms with Gasteiger partial charge in [0.1, 0.15) is 0 Å². The van der Waals surface area contributed by atoms with E-state index in [1.165, 1.54) is 0 Å². The largest absolute Gasteiger partial charge is 0.347 e. The molecule has 1 aromatic carbocycles. The van der Waals surface area contributed by atoms with Crippen molar-refractivity contribution in [2.45, 2.75) is 64.5 Å². The third-order valence-corrected chi connectivity index (χ3v) is 5.54. The number of carbonyl (C=O) groups is 2. The number of nitrogens with zero attached hydrogens (tertiary/aromatic N) is 2. The first-order valence-electron chi connectivity index (χ1n) is 9.90. The summed E-state index contributed by atoms with van der Waals surface area (Å²) in [4.78, 5) is 30.1. The molecule has 1 fully saturated rings. The van der Waals surface area contributed by atoms with Gasteiger partial charge in [0.15, 0.2) is 11.5 Å². The molecule has 142 valence electrons. The Hall–Kier alpha value is -2.63. The summed E-state index contributed by atoms with van der Waals surface area (Å²) in [5.74, 6) is -0.0190. The molecule has 2 aromatic rings. The lowest BCUT2D eigenvalue weighted by Gasteiger charge is -2.18. The molecular formula is C21H26N4O2. The van der Waals surface area contributed by atoms with Crippen LogP contribution in [0.5, 0.6) is 0 Å². The van der Waals surface area contributed by atoms with Crippen LogP contribution in [0.3, 0.4) is 0 Å². The van der Waals surface area contributed by atoms with E-state index < -0.39 is 0 Å². The number of benzene rings is 1. The van der Waals surface area contributed by atoms with Crippen LogP contribution in [0.1, 0.15) is 70.9 Å². The number of aryl methyl sites for hydroxylation is 1. The molecule has 4 rings (SSSR count). The zero-order valence-corrected chi connectivity index (χ0v) is 15.8. The smallest absolute Gasteiger partial charge is 0.287 e. The van der Waals surface area contributed by atoms with Gasteiger partial charge in [-0.2, -0.15) is 0 Å². The number of carbonyl (C=O) groups excluding carboxylic acids is 2. The minimum Gasteiger partial charge on any atom is -0.347 e. The molecule has 1 aliphatic heterocycles. The van der Waals surface area contributed by atoms with E-state index in [0.717, 1.165) is 68.4 Å². The minimum absolute atomic E-state index is 0.153. The van der Waals surface area contributed by atoms with Gasteiger partial charge in [0.25, 0.3) is 11.8 Å². The second-order valence-corrected chi connectivity index (χ2v) is 7.61. The number of imidazole rings is 1. The summed E-state index contributed by atoms with van der Waals surface area (Å²) < 4.78 is 1.94.